The molecular formula is C21H22N2O6. The highest BCUT2D eigenvalue weighted by atomic mass is 16.5. The maximum atomic E-state index is 12.4. The first-order chi connectivity index (χ1) is 13.8. The summed E-state index contributed by atoms with van der Waals surface area (Å²) < 4.78 is 5.20. The predicted molar refractivity (Wildman–Crippen MR) is 106 cm³/mol. The topological polar surface area (TPSA) is 122 Å². The van der Waals surface area contributed by atoms with Gasteiger partial charge in [0.25, 0.3) is 5.91 Å². The molecule has 8 heteroatoms. The number of ether oxygens (including phenoxy) is 1. The van der Waals surface area contributed by atoms with Crippen LogP contribution in [0, 0.1) is 6.92 Å². The largest absolute Gasteiger partial charge is 0.496 e. The van der Waals surface area contributed by atoms with Gasteiger partial charge in [0.15, 0.2) is 5.78 Å². The molecule has 8 nitrogen and oxygen atoms in total. The van der Waals surface area contributed by atoms with E-state index in [9.17, 15) is 19.2 Å². The zero-order valence-electron chi connectivity index (χ0n) is 16.2. The number of nitrogens with one attached hydrogen (secondary N) is 2. The van der Waals surface area contributed by atoms with E-state index in [1.807, 2.05) is 13.0 Å². The molecule has 3 N–H and O–H groups in total. The highest BCUT2D eigenvalue weighted by Gasteiger charge is 2.15. The number of benzene rings is 2. The van der Waals surface area contributed by atoms with E-state index in [0.717, 1.165) is 5.56 Å². The summed E-state index contributed by atoms with van der Waals surface area (Å²) in [6.07, 6.45) is 0.0259. The average molecular weight is 398 g/mol. The van der Waals surface area contributed by atoms with E-state index in [2.05, 4.69) is 10.6 Å². The summed E-state index contributed by atoms with van der Waals surface area (Å²) in [7, 11) is 1.49. The molecule has 0 spiro atoms. The minimum absolute atomic E-state index is 0.00320. The van der Waals surface area contributed by atoms with Gasteiger partial charge >= 0.3 is 5.97 Å². The van der Waals surface area contributed by atoms with Crippen LogP contribution in [-0.4, -0.2) is 42.3 Å². The first-order valence-electron chi connectivity index (χ1n) is 8.88. The van der Waals surface area contributed by atoms with Crippen LogP contribution in [0.3, 0.4) is 0 Å². The number of hydrogen-bond donors (Lipinski definition) is 3. The van der Waals surface area contributed by atoms with E-state index in [0.29, 0.717) is 17.0 Å². The summed E-state index contributed by atoms with van der Waals surface area (Å²) in [6.45, 7) is 1.39. The van der Waals surface area contributed by atoms with Crippen LogP contribution in [0.25, 0.3) is 0 Å². The second-order valence-corrected chi connectivity index (χ2v) is 6.33. The lowest BCUT2D eigenvalue weighted by Crippen LogP contribution is -2.29. The van der Waals surface area contributed by atoms with Crippen molar-refractivity contribution < 1.29 is 29.0 Å². The Bertz CT molecular complexity index is 921. The maximum absolute atomic E-state index is 12.4. The molecule has 0 bridgehead atoms. The molecule has 0 aromatic heterocycles. The quantitative estimate of drug-likeness (QED) is 0.558. The van der Waals surface area contributed by atoms with Crippen LogP contribution in [0.2, 0.25) is 0 Å². The van der Waals surface area contributed by atoms with Crippen molar-refractivity contribution in [2.75, 3.05) is 19.0 Å². The molecule has 0 aliphatic rings. The van der Waals surface area contributed by atoms with Crippen LogP contribution < -0.4 is 15.4 Å². The summed E-state index contributed by atoms with van der Waals surface area (Å²) in [6, 6.07) is 11.3. The van der Waals surface area contributed by atoms with Crippen LogP contribution in [0.15, 0.2) is 42.5 Å². The molecule has 0 saturated carbocycles. The second-order valence-electron chi connectivity index (χ2n) is 6.33. The third-order valence-corrected chi connectivity index (χ3v) is 4.07. The lowest BCUT2D eigenvalue weighted by molar-refractivity contribution is -0.135. The van der Waals surface area contributed by atoms with E-state index >= 15 is 0 Å². The van der Waals surface area contributed by atoms with Crippen LogP contribution in [-0.2, 0) is 9.59 Å². The Morgan fingerprint density at radius 3 is 2.31 bits per heavy atom. The second kappa shape index (κ2) is 10.0. The first-order valence-corrected chi connectivity index (χ1v) is 8.88. The van der Waals surface area contributed by atoms with Gasteiger partial charge in [0, 0.05) is 24.1 Å². The summed E-state index contributed by atoms with van der Waals surface area (Å²) in [5, 5.41) is 13.5. The number of aliphatic carboxylic acids is 1. The van der Waals surface area contributed by atoms with Gasteiger partial charge in [-0.05, 0) is 43.3 Å². The monoisotopic (exact) mass is 398 g/mol. The summed E-state index contributed by atoms with van der Waals surface area (Å²) in [4.78, 5) is 46.8. The molecule has 0 saturated heterocycles. The highest BCUT2D eigenvalue weighted by molar-refractivity contribution is 6.02. The molecular weight excluding hydrogens is 376 g/mol. The third kappa shape index (κ3) is 6.46. The number of hydrogen-bond acceptors (Lipinski definition) is 5. The van der Waals surface area contributed by atoms with Gasteiger partial charge in [-0.1, -0.05) is 11.6 Å². The van der Waals surface area contributed by atoms with Crippen LogP contribution >= 0.6 is 0 Å². The molecule has 0 aliphatic carbocycles. The fourth-order valence-electron chi connectivity index (χ4n) is 2.59. The van der Waals surface area contributed by atoms with Gasteiger partial charge in [-0.3, -0.25) is 19.2 Å². The number of amides is 2. The molecule has 2 rings (SSSR count). The van der Waals surface area contributed by atoms with Gasteiger partial charge in [0.1, 0.15) is 12.3 Å². The SMILES string of the molecule is COc1ccc(C)cc1C(=O)CCC(=O)Nc1ccc(C(=O)NCC(=O)O)cc1. The van der Waals surface area contributed by atoms with Crippen molar-refractivity contribution in [1.29, 1.82) is 0 Å². The summed E-state index contributed by atoms with van der Waals surface area (Å²) in [5.41, 5.74) is 2.10. The summed E-state index contributed by atoms with van der Waals surface area (Å²) >= 11 is 0. The van der Waals surface area contributed by atoms with Crippen molar-refractivity contribution >= 4 is 29.3 Å². The van der Waals surface area contributed by atoms with E-state index in [1.54, 1.807) is 12.1 Å². The molecule has 0 radical (unpaired) electrons. The van der Waals surface area contributed by atoms with Crippen molar-refractivity contribution in [3.8, 4) is 5.75 Å². The number of carbonyl (C=O) groups excluding carboxylic acids is 3. The number of aryl methyl sites for hydroxylation is 1. The number of Topliss-reactive ketones (excluding diaryl/α,β-unsaturated/α-hetero) is 1. The van der Waals surface area contributed by atoms with E-state index in [4.69, 9.17) is 9.84 Å². The number of methoxy groups -OCH3 is 1. The average Bonchev–Trinajstić information content (AvgIpc) is 2.70. The summed E-state index contributed by atoms with van der Waals surface area (Å²) in [5.74, 6) is -1.72. The van der Waals surface area contributed by atoms with Gasteiger partial charge in [0.2, 0.25) is 5.91 Å². The molecule has 2 aromatic carbocycles. The minimum Gasteiger partial charge on any atom is -0.496 e. The molecule has 0 heterocycles. The Labute approximate surface area is 167 Å². The lowest BCUT2D eigenvalue weighted by atomic mass is 10.0. The van der Waals surface area contributed by atoms with Crippen LogP contribution in [0.1, 0.15) is 39.1 Å². The third-order valence-electron chi connectivity index (χ3n) is 4.07. The Kier molecular flexibility index (Phi) is 7.47. The first kappa shape index (κ1) is 21.6. The van der Waals surface area contributed by atoms with Crippen molar-refractivity contribution in [2.24, 2.45) is 0 Å². The number of ketones is 1. The normalized spacial score (nSPS) is 10.1. The van der Waals surface area contributed by atoms with Crippen molar-refractivity contribution in [3.63, 3.8) is 0 Å². The smallest absolute Gasteiger partial charge is 0.322 e. The Morgan fingerprint density at radius 2 is 1.69 bits per heavy atom. The Balaban J connectivity index is 1.89. The van der Waals surface area contributed by atoms with Gasteiger partial charge < -0.3 is 20.5 Å². The molecule has 152 valence electrons. The van der Waals surface area contributed by atoms with Crippen molar-refractivity contribution in [2.45, 2.75) is 19.8 Å². The maximum Gasteiger partial charge on any atom is 0.322 e. The number of carboxylic acid groups (broad SMARTS) is 1. The number of rotatable bonds is 9. The fourth-order valence-corrected chi connectivity index (χ4v) is 2.59. The van der Waals surface area contributed by atoms with E-state index in [-0.39, 0.29) is 30.1 Å². The molecule has 0 fully saturated rings. The molecule has 2 amide bonds. The molecule has 2 aromatic rings. The number of anilines is 1. The standard InChI is InChI=1S/C21H22N2O6/c1-13-3-9-18(29-2)16(11-13)17(24)8-10-19(25)23-15-6-4-14(5-7-15)21(28)22-12-20(26)27/h3-7,9,11H,8,10,12H2,1-2H3,(H,22,28)(H,23,25)(H,26,27). The number of carbonyl (C=O) groups is 4. The predicted octanol–water partition coefficient (Wildman–Crippen LogP) is 2.42. The fraction of sp³-hybridized carbons (Fsp3) is 0.238. The van der Waals surface area contributed by atoms with Gasteiger partial charge in [-0.25, -0.2) is 0 Å². The molecule has 29 heavy (non-hydrogen) atoms. The highest BCUT2D eigenvalue weighted by Crippen LogP contribution is 2.22. The van der Waals surface area contributed by atoms with Gasteiger partial charge in [-0.15, -0.1) is 0 Å². The van der Waals surface area contributed by atoms with E-state index < -0.39 is 18.4 Å². The Hall–Kier alpha value is -3.68. The van der Waals surface area contributed by atoms with E-state index in [1.165, 1.54) is 31.4 Å². The van der Waals surface area contributed by atoms with Crippen molar-refractivity contribution in [3.05, 3.63) is 59.2 Å². The molecule has 0 atom stereocenters. The van der Waals surface area contributed by atoms with Crippen molar-refractivity contribution in [1.82, 2.24) is 5.32 Å². The molecule has 0 unspecified atom stereocenters. The van der Waals surface area contributed by atoms with Crippen LogP contribution in [0.4, 0.5) is 5.69 Å². The zero-order valence-corrected chi connectivity index (χ0v) is 16.2. The Morgan fingerprint density at radius 1 is 1.00 bits per heavy atom. The van der Waals surface area contributed by atoms with Crippen LogP contribution in [0.5, 0.6) is 5.75 Å². The number of carboxylic acids is 1. The molecule has 0 aliphatic heterocycles. The minimum atomic E-state index is -1.14. The van der Waals surface area contributed by atoms with Gasteiger partial charge in [-0.2, -0.15) is 0 Å². The lowest BCUT2D eigenvalue weighted by Gasteiger charge is -2.09. The zero-order chi connectivity index (χ0) is 21.4. The van der Waals surface area contributed by atoms with Gasteiger partial charge in [0.05, 0.1) is 12.7 Å².